The normalized spacial score (nSPS) is 21.8. The number of likely N-dealkylation sites (tertiary alicyclic amines) is 1. The van der Waals surface area contributed by atoms with Crippen LogP contribution in [0.5, 0.6) is 5.75 Å². The Bertz CT molecular complexity index is 1360. The maximum Gasteiger partial charge on any atom is 0.573 e. The number of ether oxygens (including phenoxy) is 3. The molecule has 42 heavy (non-hydrogen) atoms. The number of hydrogen-bond donors (Lipinski definition) is 0. The molecule has 2 amide bonds. The molecule has 0 N–H and O–H groups in total. The summed E-state index contributed by atoms with van der Waals surface area (Å²) >= 11 is 0. The lowest BCUT2D eigenvalue weighted by Gasteiger charge is -2.40. The lowest BCUT2D eigenvalue weighted by atomic mass is 9.84. The average molecular weight is 588 g/mol. The van der Waals surface area contributed by atoms with E-state index in [0.717, 1.165) is 30.0 Å². The van der Waals surface area contributed by atoms with Crippen LogP contribution in [0.4, 0.5) is 23.8 Å². The predicted octanol–water partition coefficient (Wildman–Crippen LogP) is 4.50. The number of rotatable bonds is 5. The van der Waals surface area contributed by atoms with Crippen LogP contribution in [0, 0.1) is 0 Å². The van der Waals surface area contributed by atoms with E-state index in [1.54, 1.807) is 34.4 Å². The van der Waals surface area contributed by atoms with Crippen molar-refractivity contribution >= 4 is 11.8 Å². The molecule has 0 radical (unpaired) electrons. The van der Waals surface area contributed by atoms with Gasteiger partial charge in [0.15, 0.2) is 5.89 Å². The van der Waals surface area contributed by atoms with Gasteiger partial charge in [0.05, 0.1) is 32.3 Å². The third kappa shape index (κ3) is 6.62. The van der Waals surface area contributed by atoms with Crippen molar-refractivity contribution in [1.29, 1.82) is 0 Å². The van der Waals surface area contributed by atoms with Gasteiger partial charge in [-0.1, -0.05) is 12.1 Å². The Morgan fingerprint density at radius 2 is 1.60 bits per heavy atom. The van der Waals surface area contributed by atoms with Gasteiger partial charge in [-0.3, -0.25) is 0 Å². The quantitative estimate of drug-likeness (QED) is 0.431. The van der Waals surface area contributed by atoms with Crippen LogP contribution in [0.2, 0.25) is 0 Å². The number of hydrogen-bond acceptors (Lipinski definition) is 8. The van der Waals surface area contributed by atoms with Crippen molar-refractivity contribution in [2.45, 2.75) is 24.6 Å². The van der Waals surface area contributed by atoms with E-state index >= 15 is 0 Å². The Morgan fingerprint density at radius 1 is 0.905 bits per heavy atom. The zero-order chi connectivity index (χ0) is 29.1. The van der Waals surface area contributed by atoms with Gasteiger partial charge in [-0.05, 0) is 36.2 Å². The largest absolute Gasteiger partial charge is 0.573 e. The summed E-state index contributed by atoms with van der Waals surface area (Å²) < 4.78 is 59.0. The molecule has 2 aromatic heterocycles. The van der Waals surface area contributed by atoms with Crippen molar-refractivity contribution in [2.75, 3.05) is 70.6 Å². The van der Waals surface area contributed by atoms with E-state index in [0.29, 0.717) is 70.6 Å². The summed E-state index contributed by atoms with van der Waals surface area (Å²) in [6.45, 7) is 5.64. The van der Waals surface area contributed by atoms with Gasteiger partial charge in [0.1, 0.15) is 23.5 Å². The van der Waals surface area contributed by atoms with Crippen molar-refractivity contribution in [2.24, 2.45) is 0 Å². The van der Waals surface area contributed by atoms with E-state index in [2.05, 4.69) is 14.6 Å². The maximum atomic E-state index is 13.5. The number of aromatic nitrogens is 2. The molecule has 3 saturated heterocycles. The van der Waals surface area contributed by atoms with E-state index in [9.17, 15) is 18.0 Å². The van der Waals surface area contributed by atoms with Crippen LogP contribution >= 0.6 is 0 Å². The lowest BCUT2D eigenvalue weighted by molar-refractivity contribution is -0.274. The summed E-state index contributed by atoms with van der Waals surface area (Å²) in [6.07, 6.45) is -0.782. The van der Waals surface area contributed by atoms with Gasteiger partial charge in [0.2, 0.25) is 0 Å². The Hall–Kier alpha value is -3.84. The van der Waals surface area contributed by atoms with Crippen LogP contribution in [0.1, 0.15) is 29.7 Å². The third-order valence-electron chi connectivity index (χ3n) is 7.84. The van der Waals surface area contributed by atoms with Crippen molar-refractivity contribution < 1.29 is 36.6 Å². The van der Waals surface area contributed by atoms with Crippen molar-refractivity contribution in [1.82, 2.24) is 19.8 Å². The summed E-state index contributed by atoms with van der Waals surface area (Å²) in [6, 6.07) is 9.62. The Labute approximate surface area is 241 Å². The number of nitrogens with zero attached hydrogens (tertiary/aromatic N) is 5. The fourth-order valence-corrected chi connectivity index (χ4v) is 5.72. The highest BCUT2D eigenvalue weighted by Crippen LogP contribution is 2.38. The summed E-state index contributed by atoms with van der Waals surface area (Å²) in [5.74, 6) is 0.715. The molecule has 1 aromatic carbocycles. The van der Waals surface area contributed by atoms with Gasteiger partial charge in [-0.25, -0.2) is 14.8 Å². The number of carbonyl (C=O) groups excluding carboxylic acids is 1. The van der Waals surface area contributed by atoms with Gasteiger partial charge in [0.25, 0.3) is 0 Å². The summed E-state index contributed by atoms with van der Waals surface area (Å²) in [5.41, 5.74) is 2.35. The van der Waals surface area contributed by atoms with E-state index in [1.165, 1.54) is 12.1 Å². The number of carbonyl (C=O) groups is 1. The summed E-state index contributed by atoms with van der Waals surface area (Å²) in [5, 5.41) is 0. The molecule has 6 rings (SSSR count). The number of halogens is 3. The van der Waals surface area contributed by atoms with E-state index in [4.69, 9.17) is 18.9 Å². The third-order valence-corrected chi connectivity index (χ3v) is 7.84. The highest BCUT2D eigenvalue weighted by Gasteiger charge is 2.36. The summed E-state index contributed by atoms with van der Waals surface area (Å²) in [4.78, 5) is 28.6. The number of piperidine rings is 1. The van der Waals surface area contributed by atoms with Gasteiger partial charge >= 0.3 is 12.4 Å². The Morgan fingerprint density at radius 3 is 2.31 bits per heavy atom. The van der Waals surface area contributed by atoms with Crippen LogP contribution < -0.4 is 9.64 Å². The Kier molecular flexibility index (Phi) is 8.20. The number of morpholine rings is 2. The van der Waals surface area contributed by atoms with Gasteiger partial charge < -0.3 is 33.3 Å². The first-order chi connectivity index (χ1) is 20.3. The Balaban J connectivity index is 1.23. The highest BCUT2D eigenvalue weighted by atomic mass is 19.4. The topological polar surface area (TPSA) is 93.4 Å². The minimum Gasteiger partial charge on any atom is -0.448 e. The molecule has 224 valence electrons. The smallest absolute Gasteiger partial charge is 0.448 e. The zero-order valence-electron chi connectivity index (χ0n) is 23.0. The summed E-state index contributed by atoms with van der Waals surface area (Å²) in [7, 11) is 0. The van der Waals surface area contributed by atoms with Crippen LogP contribution in [0.25, 0.3) is 11.3 Å². The van der Waals surface area contributed by atoms with Gasteiger partial charge in [-0.15, -0.1) is 13.2 Å². The monoisotopic (exact) mass is 587 g/mol. The first kappa shape index (κ1) is 28.3. The molecule has 0 spiro atoms. The molecule has 5 heterocycles. The molecule has 3 fully saturated rings. The second-order valence-electron chi connectivity index (χ2n) is 10.6. The van der Waals surface area contributed by atoms with Crippen LogP contribution in [0.3, 0.4) is 0 Å². The lowest BCUT2D eigenvalue weighted by Crippen LogP contribution is -2.52. The number of urea groups is 1. The van der Waals surface area contributed by atoms with E-state index in [-0.39, 0.29) is 23.6 Å². The molecule has 0 bridgehead atoms. The average Bonchev–Trinajstić information content (AvgIpc) is 3.52. The predicted molar refractivity (Wildman–Crippen MR) is 145 cm³/mol. The maximum absolute atomic E-state index is 13.5. The highest BCUT2D eigenvalue weighted by molar-refractivity contribution is 5.75. The second kappa shape index (κ2) is 12.2. The minimum absolute atomic E-state index is 0.0962. The van der Waals surface area contributed by atoms with Crippen molar-refractivity contribution in [3.63, 3.8) is 0 Å². The zero-order valence-corrected chi connectivity index (χ0v) is 23.0. The number of anilines is 1. The number of alkyl halides is 3. The molecule has 2 unspecified atom stereocenters. The fraction of sp³-hybridized carbons (Fsp3) is 0.483. The molecule has 3 aliphatic heterocycles. The minimum atomic E-state index is -4.76. The van der Waals surface area contributed by atoms with Crippen LogP contribution in [0.15, 0.2) is 53.3 Å². The number of benzene rings is 1. The fourth-order valence-electron chi connectivity index (χ4n) is 5.72. The SMILES string of the molecule is O=C(N1CCOCC1)N1CC(c2ccc(OC(F)(F)F)cc2)CC(c2nc(-c3ccnc(N4CCOCC4)c3)co2)C1. The number of pyridine rings is 1. The molecule has 0 saturated carbocycles. The van der Waals surface area contributed by atoms with E-state index in [1.807, 2.05) is 12.1 Å². The molecule has 3 aliphatic rings. The van der Waals surface area contributed by atoms with Crippen LogP contribution in [-0.4, -0.2) is 97.9 Å². The molecule has 13 heteroatoms. The number of oxazole rings is 1. The molecule has 10 nitrogen and oxygen atoms in total. The number of amides is 2. The van der Waals surface area contributed by atoms with E-state index < -0.39 is 6.36 Å². The molecule has 3 aromatic rings. The first-order valence-corrected chi connectivity index (χ1v) is 14.0. The van der Waals surface area contributed by atoms with Gasteiger partial charge in [-0.2, -0.15) is 0 Å². The molecule has 0 aliphatic carbocycles. The molecule has 2 atom stereocenters. The molecular weight excluding hydrogens is 555 g/mol. The molecular formula is C29H32F3N5O5. The first-order valence-electron chi connectivity index (χ1n) is 14.0. The van der Waals surface area contributed by atoms with Crippen molar-refractivity contribution in [3.05, 3.63) is 60.3 Å². The van der Waals surface area contributed by atoms with Crippen molar-refractivity contribution in [3.8, 4) is 17.0 Å². The standard InChI is InChI=1S/C29H32F3N5O5/c30-29(31,32)42-24-3-1-20(2-4-24)22-15-23(18-37(17-22)28(38)36-9-13-40-14-10-36)27-34-25(19-41-27)21-5-6-33-26(16-21)35-7-11-39-12-8-35/h1-6,16,19,22-23H,7-15,17-18H2. The van der Waals surface area contributed by atoms with Crippen LogP contribution in [-0.2, 0) is 9.47 Å². The second-order valence-corrected chi connectivity index (χ2v) is 10.6. The van der Waals surface area contributed by atoms with Gasteiger partial charge in [0, 0.05) is 56.9 Å².